The van der Waals surface area contributed by atoms with E-state index >= 15 is 0 Å². The Bertz CT molecular complexity index is 1090. The number of hydrogen-bond acceptors (Lipinski definition) is 6. The SMILES string of the molecule is CC(=O)Oc1ccc(C2(c3ccc(OC(C)=O)cc3)C(=O)Nc3nn(C)cc32)cc1. The van der Waals surface area contributed by atoms with Gasteiger partial charge in [-0.3, -0.25) is 19.1 Å². The highest BCUT2D eigenvalue weighted by molar-refractivity contribution is 6.10. The van der Waals surface area contributed by atoms with Gasteiger partial charge in [-0.15, -0.1) is 0 Å². The van der Waals surface area contributed by atoms with Crippen molar-refractivity contribution < 1.29 is 23.9 Å². The number of hydrogen-bond donors (Lipinski definition) is 1. The minimum atomic E-state index is -1.16. The fourth-order valence-corrected chi connectivity index (χ4v) is 3.80. The van der Waals surface area contributed by atoms with E-state index in [4.69, 9.17) is 9.47 Å². The number of benzene rings is 2. The maximum Gasteiger partial charge on any atom is 0.308 e. The summed E-state index contributed by atoms with van der Waals surface area (Å²) < 4.78 is 11.9. The van der Waals surface area contributed by atoms with Crippen LogP contribution in [-0.4, -0.2) is 27.6 Å². The second-order valence-electron chi connectivity index (χ2n) is 7.01. The Kier molecular flexibility index (Phi) is 4.62. The van der Waals surface area contributed by atoms with Crippen LogP contribution in [0.25, 0.3) is 0 Å². The van der Waals surface area contributed by atoms with E-state index in [9.17, 15) is 14.4 Å². The van der Waals surface area contributed by atoms with E-state index in [1.54, 1.807) is 66.5 Å². The Balaban J connectivity index is 1.87. The van der Waals surface area contributed by atoms with E-state index in [0.29, 0.717) is 34.0 Å². The average molecular weight is 405 g/mol. The van der Waals surface area contributed by atoms with Crippen molar-refractivity contribution >= 4 is 23.7 Å². The van der Waals surface area contributed by atoms with Gasteiger partial charge in [-0.25, -0.2) is 0 Å². The van der Waals surface area contributed by atoms with Crippen molar-refractivity contribution in [2.24, 2.45) is 7.05 Å². The molecule has 0 saturated carbocycles. The van der Waals surface area contributed by atoms with Gasteiger partial charge in [-0.2, -0.15) is 5.10 Å². The van der Waals surface area contributed by atoms with Crippen LogP contribution < -0.4 is 14.8 Å². The summed E-state index contributed by atoms with van der Waals surface area (Å²) >= 11 is 0. The third kappa shape index (κ3) is 3.12. The fourth-order valence-electron chi connectivity index (χ4n) is 3.80. The quantitative estimate of drug-likeness (QED) is 0.529. The Hall–Kier alpha value is -3.94. The van der Waals surface area contributed by atoms with E-state index in [-0.39, 0.29) is 5.91 Å². The molecule has 0 atom stereocenters. The number of ether oxygens (including phenoxy) is 2. The monoisotopic (exact) mass is 405 g/mol. The lowest BCUT2D eigenvalue weighted by Crippen LogP contribution is -2.37. The zero-order valence-corrected chi connectivity index (χ0v) is 16.6. The number of esters is 2. The van der Waals surface area contributed by atoms with Crippen molar-refractivity contribution in [1.29, 1.82) is 0 Å². The van der Waals surface area contributed by atoms with Gasteiger partial charge in [0.25, 0.3) is 0 Å². The Labute approximate surface area is 172 Å². The molecule has 2 aromatic carbocycles. The molecule has 3 aromatic rings. The molecule has 0 fully saturated rings. The van der Waals surface area contributed by atoms with Crippen molar-refractivity contribution in [3.05, 3.63) is 71.4 Å². The van der Waals surface area contributed by atoms with Crippen LogP contribution in [0.1, 0.15) is 30.5 Å². The first-order chi connectivity index (χ1) is 14.3. The van der Waals surface area contributed by atoms with Crippen LogP contribution in [0.15, 0.2) is 54.7 Å². The van der Waals surface area contributed by atoms with E-state index in [1.807, 2.05) is 0 Å². The van der Waals surface area contributed by atoms with Gasteiger partial charge in [-0.1, -0.05) is 24.3 Å². The van der Waals surface area contributed by atoms with Crippen molar-refractivity contribution in [1.82, 2.24) is 9.78 Å². The smallest absolute Gasteiger partial charge is 0.308 e. The summed E-state index contributed by atoms with van der Waals surface area (Å²) in [5.41, 5.74) is 0.911. The summed E-state index contributed by atoms with van der Waals surface area (Å²) in [6.45, 7) is 2.65. The molecule has 1 aliphatic rings. The maximum atomic E-state index is 13.3. The maximum absolute atomic E-state index is 13.3. The fraction of sp³-hybridized carbons (Fsp3) is 0.182. The summed E-state index contributed by atoms with van der Waals surface area (Å²) in [7, 11) is 1.78. The zero-order chi connectivity index (χ0) is 21.5. The van der Waals surface area contributed by atoms with Crippen molar-refractivity contribution in [2.75, 3.05) is 5.32 Å². The van der Waals surface area contributed by atoms with Gasteiger partial charge in [0, 0.05) is 32.7 Å². The molecule has 1 N–H and O–H groups in total. The highest BCUT2D eigenvalue weighted by atomic mass is 16.5. The number of fused-ring (bicyclic) bond motifs is 1. The van der Waals surface area contributed by atoms with Gasteiger partial charge in [-0.05, 0) is 35.4 Å². The molecule has 30 heavy (non-hydrogen) atoms. The lowest BCUT2D eigenvalue weighted by molar-refractivity contribution is -0.132. The van der Waals surface area contributed by atoms with Gasteiger partial charge in [0.1, 0.15) is 16.9 Å². The van der Waals surface area contributed by atoms with Crippen molar-refractivity contribution in [3.8, 4) is 11.5 Å². The van der Waals surface area contributed by atoms with Gasteiger partial charge in [0.05, 0.1) is 0 Å². The summed E-state index contributed by atoms with van der Waals surface area (Å²) in [4.78, 5) is 35.8. The summed E-state index contributed by atoms with van der Waals surface area (Å²) in [6.07, 6.45) is 1.80. The van der Waals surface area contributed by atoms with Crippen LogP contribution in [0, 0.1) is 0 Å². The molecule has 0 saturated heterocycles. The Morgan fingerprint density at radius 2 is 1.37 bits per heavy atom. The molecule has 0 spiro atoms. The highest BCUT2D eigenvalue weighted by Gasteiger charge is 2.51. The van der Waals surface area contributed by atoms with E-state index in [0.717, 1.165) is 0 Å². The molecule has 1 aromatic heterocycles. The van der Waals surface area contributed by atoms with Crippen LogP contribution in [0.5, 0.6) is 11.5 Å². The second-order valence-corrected chi connectivity index (χ2v) is 7.01. The van der Waals surface area contributed by atoms with Crippen molar-refractivity contribution in [3.63, 3.8) is 0 Å². The van der Waals surface area contributed by atoms with E-state index in [2.05, 4.69) is 10.4 Å². The Morgan fingerprint density at radius 3 is 1.80 bits per heavy atom. The first-order valence-corrected chi connectivity index (χ1v) is 9.24. The van der Waals surface area contributed by atoms with Gasteiger partial charge >= 0.3 is 11.9 Å². The summed E-state index contributed by atoms with van der Waals surface area (Å²) in [5.74, 6) is 0.155. The summed E-state index contributed by atoms with van der Waals surface area (Å²) in [5, 5.41) is 7.21. The molecule has 4 rings (SSSR count). The standard InChI is InChI=1S/C22H19N3O5/c1-13(26)29-17-8-4-15(5-9-17)22(16-6-10-18(11-7-16)30-14(2)27)19-12-25(3)24-20(19)23-21(22)28/h4-12H,1-3H3,(H,23,24,28). The van der Waals surface area contributed by atoms with Crippen LogP contribution in [0.3, 0.4) is 0 Å². The Morgan fingerprint density at radius 1 is 0.900 bits per heavy atom. The number of anilines is 1. The third-order valence-corrected chi connectivity index (χ3v) is 4.90. The predicted molar refractivity (Wildman–Crippen MR) is 107 cm³/mol. The molecule has 2 heterocycles. The molecule has 0 radical (unpaired) electrons. The number of aromatic nitrogens is 2. The second kappa shape index (κ2) is 7.14. The van der Waals surface area contributed by atoms with Crippen LogP contribution in [0.4, 0.5) is 5.82 Å². The molecule has 1 amide bonds. The number of rotatable bonds is 4. The van der Waals surface area contributed by atoms with Crippen molar-refractivity contribution in [2.45, 2.75) is 19.3 Å². The number of nitrogens with one attached hydrogen (secondary N) is 1. The van der Waals surface area contributed by atoms with E-state index in [1.165, 1.54) is 13.8 Å². The van der Waals surface area contributed by atoms with Crippen LogP contribution in [-0.2, 0) is 26.8 Å². The molecule has 152 valence electrons. The number of amides is 1. The zero-order valence-electron chi connectivity index (χ0n) is 16.6. The molecular weight excluding hydrogens is 386 g/mol. The molecule has 8 heteroatoms. The summed E-state index contributed by atoms with van der Waals surface area (Å²) in [6, 6.07) is 13.6. The molecule has 8 nitrogen and oxygen atoms in total. The molecule has 0 unspecified atom stereocenters. The van der Waals surface area contributed by atoms with Gasteiger partial charge < -0.3 is 14.8 Å². The number of carbonyl (C=O) groups excluding carboxylic acids is 3. The largest absolute Gasteiger partial charge is 0.427 e. The minimum Gasteiger partial charge on any atom is -0.427 e. The van der Waals surface area contributed by atoms with Crippen LogP contribution >= 0.6 is 0 Å². The lowest BCUT2D eigenvalue weighted by atomic mass is 9.71. The van der Waals surface area contributed by atoms with Gasteiger partial charge in [0.15, 0.2) is 5.82 Å². The van der Waals surface area contributed by atoms with Crippen LogP contribution in [0.2, 0.25) is 0 Å². The first kappa shape index (κ1) is 19.4. The first-order valence-electron chi connectivity index (χ1n) is 9.24. The topological polar surface area (TPSA) is 99.5 Å². The third-order valence-electron chi connectivity index (χ3n) is 4.90. The molecular formula is C22H19N3O5. The highest BCUT2D eigenvalue weighted by Crippen LogP contribution is 2.47. The van der Waals surface area contributed by atoms with Gasteiger partial charge in [0.2, 0.25) is 5.91 Å². The number of aryl methyl sites for hydroxylation is 1. The molecule has 0 aliphatic carbocycles. The minimum absolute atomic E-state index is 0.249. The van der Waals surface area contributed by atoms with E-state index < -0.39 is 17.4 Å². The number of carbonyl (C=O) groups is 3. The average Bonchev–Trinajstić information content (AvgIpc) is 3.16. The predicted octanol–water partition coefficient (Wildman–Crippen LogP) is 2.56. The normalized spacial score (nSPS) is 14.0. The molecule has 0 bridgehead atoms. The molecule has 1 aliphatic heterocycles. The number of nitrogens with zero attached hydrogens (tertiary/aromatic N) is 2. The lowest BCUT2D eigenvalue weighted by Gasteiger charge is -2.28.